The van der Waals surface area contributed by atoms with Crippen LogP contribution < -0.4 is 14.9 Å². The standard InChI is InChI=1S/C27H24FN3O5S/c1-19-8-12-21(13-9-19)31(37(34,35)23-14-10-20(28)11-15-23)18-26(32)30-25-7-3-2-6-24(25)27(33)29-17-22-5-4-16-36-22/h2-16H,17-18H2,1H3,(H,29,33)(H,30,32). The molecule has 37 heavy (non-hydrogen) atoms. The Bertz CT molecular complexity index is 1490. The van der Waals surface area contributed by atoms with Gasteiger partial charge in [-0.25, -0.2) is 12.8 Å². The van der Waals surface area contributed by atoms with Crippen LogP contribution >= 0.6 is 0 Å². The number of hydrogen-bond acceptors (Lipinski definition) is 5. The zero-order valence-electron chi connectivity index (χ0n) is 19.8. The van der Waals surface area contributed by atoms with Gasteiger partial charge in [-0.15, -0.1) is 0 Å². The molecule has 190 valence electrons. The van der Waals surface area contributed by atoms with Gasteiger partial charge in [-0.2, -0.15) is 0 Å². The zero-order valence-corrected chi connectivity index (χ0v) is 20.7. The molecular weight excluding hydrogens is 497 g/mol. The van der Waals surface area contributed by atoms with E-state index in [9.17, 15) is 22.4 Å². The predicted octanol–water partition coefficient (Wildman–Crippen LogP) is 4.49. The second kappa shape index (κ2) is 11.1. The zero-order chi connectivity index (χ0) is 26.4. The first-order chi connectivity index (χ1) is 17.7. The average Bonchev–Trinajstić information content (AvgIpc) is 3.41. The molecule has 3 aromatic carbocycles. The van der Waals surface area contributed by atoms with E-state index in [0.717, 1.165) is 34.1 Å². The molecule has 0 saturated heterocycles. The SMILES string of the molecule is Cc1ccc(N(CC(=O)Nc2ccccc2C(=O)NCc2ccco2)S(=O)(=O)c2ccc(F)cc2)cc1. The number of benzene rings is 3. The Morgan fingerprint density at radius 1 is 0.919 bits per heavy atom. The van der Waals surface area contributed by atoms with Crippen molar-refractivity contribution in [1.29, 1.82) is 0 Å². The summed E-state index contributed by atoms with van der Waals surface area (Å²) in [4.78, 5) is 25.7. The highest BCUT2D eigenvalue weighted by molar-refractivity contribution is 7.92. The Kier molecular flexibility index (Phi) is 7.69. The molecule has 1 aromatic heterocycles. The largest absolute Gasteiger partial charge is 0.467 e. The number of halogens is 1. The minimum Gasteiger partial charge on any atom is -0.467 e. The third-order valence-corrected chi connectivity index (χ3v) is 7.25. The number of nitrogens with one attached hydrogen (secondary N) is 2. The Morgan fingerprint density at radius 3 is 2.30 bits per heavy atom. The summed E-state index contributed by atoms with van der Waals surface area (Å²) < 4.78 is 46.5. The van der Waals surface area contributed by atoms with E-state index in [1.807, 2.05) is 6.92 Å². The lowest BCUT2D eigenvalue weighted by molar-refractivity contribution is -0.114. The maximum absolute atomic E-state index is 13.4. The molecule has 4 aromatic rings. The van der Waals surface area contributed by atoms with Crippen molar-refractivity contribution >= 4 is 33.2 Å². The number of nitrogens with zero attached hydrogens (tertiary/aromatic N) is 1. The van der Waals surface area contributed by atoms with Gasteiger partial charge in [0.25, 0.3) is 15.9 Å². The molecule has 0 radical (unpaired) electrons. The van der Waals surface area contributed by atoms with E-state index in [4.69, 9.17) is 4.42 Å². The molecule has 0 unspecified atom stereocenters. The van der Waals surface area contributed by atoms with E-state index in [-0.39, 0.29) is 28.4 Å². The van der Waals surface area contributed by atoms with Crippen LogP contribution in [0.1, 0.15) is 21.7 Å². The number of aryl methyl sites for hydroxylation is 1. The van der Waals surface area contributed by atoms with Gasteiger partial charge in [-0.1, -0.05) is 29.8 Å². The maximum atomic E-state index is 13.4. The van der Waals surface area contributed by atoms with Gasteiger partial charge in [0.05, 0.1) is 34.6 Å². The summed E-state index contributed by atoms with van der Waals surface area (Å²) in [5, 5.41) is 5.36. The Balaban J connectivity index is 1.57. The lowest BCUT2D eigenvalue weighted by Gasteiger charge is -2.24. The van der Waals surface area contributed by atoms with E-state index in [0.29, 0.717) is 5.76 Å². The van der Waals surface area contributed by atoms with Gasteiger partial charge in [-0.05, 0) is 67.6 Å². The number of sulfonamides is 1. The molecule has 0 fully saturated rings. The molecule has 0 aliphatic rings. The molecule has 0 aliphatic heterocycles. The van der Waals surface area contributed by atoms with Gasteiger partial charge in [0.15, 0.2) is 0 Å². The van der Waals surface area contributed by atoms with Gasteiger partial charge in [0, 0.05) is 0 Å². The normalized spacial score (nSPS) is 11.1. The van der Waals surface area contributed by atoms with Crippen molar-refractivity contribution in [1.82, 2.24) is 5.32 Å². The summed E-state index contributed by atoms with van der Waals surface area (Å²) in [5.74, 6) is -1.13. The van der Waals surface area contributed by atoms with Crippen molar-refractivity contribution in [2.75, 3.05) is 16.2 Å². The molecule has 0 saturated carbocycles. The number of carbonyl (C=O) groups is 2. The van der Waals surface area contributed by atoms with Crippen molar-refractivity contribution in [3.05, 3.63) is 114 Å². The number of amides is 2. The predicted molar refractivity (Wildman–Crippen MR) is 137 cm³/mol. The smallest absolute Gasteiger partial charge is 0.264 e. The van der Waals surface area contributed by atoms with Gasteiger partial charge in [0.2, 0.25) is 5.91 Å². The van der Waals surface area contributed by atoms with E-state index < -0.39 is 34.2 Å². The van der Waals surface area contributed by atoms with Crippen LogP contribution in [0.15, 0.2) is 101 Å². The van der Waals surface area contributed by atoms with Crippen LogP contribution in [0.5, 0.6) is 0 Å². The quantitative estimate of drug-likeness (QED) is 0.337. The minimum absolute atomic E-state index is 0.158. The monoisotopic (exact) mass is 521 g/mol. The average molecular weight is 522 g/mol. The Labute approximate surface area is 213 Å². The van der Waals surface area contributed by atoms with Crippen molar-refractivity contribution in [3.8, 4) is 0 Å². The van der Waals surface area contributed by atoms with E-state index in [1.165, 1.54) is 6.26 Å². The number of hydrogen-bond donors (Lipinski definition) is 2. The summed E-state index contributed by atoms with van der Waals surface area (Å²) in [7, 11) is -4.22. The molecule has 4 rings (SSSR count). The number of furan rings is 1. The first kappa shape index (κ1) is 25.6. The summed E-state index contributed by atoms with van der Waals surface area (Å²) in [6.45, 7) is 1.43. The molecule has 10 heteroatoms. The molecule has 8 nitrogen and oxygen atoms in total. The van der Waals surface area contributed by atoms with Crippen molar-refractivity contribution in [2.45, 2.75) is 18.4 Å². The third-order valence-electron chi connectivity index (χ3n) is 5.46. The van der Waals surface area contributed by atoms with E-state index in [1.54, 1.807) is 60.7 Å². The second-order valence-electron chi connectivity index (χ2n) is 8.16. The van der Waals surface area contributed by atoms with Crippen LogP contribution in [0, 0.1) is 12.7 Å². The fourth-order valence-corrected chi connectivity index (χ4v) is 4.97. The van der Waals surface area contributed by atoms with Crippen LogP contribution in [0.3, 0.4) is 0 Å². The topological polar surface area (TPSA) is 109 Å². The summed E-state index contributed by atoms with van der Waals surface area (Å²) in [5.41, 5.74) is 1.58. The number of rotatable bonds is 9. The first-order valence-electron chi connectivity index (χ1n) is 11.3. The molecule has 2 N–H and O–H groups in total. The van der Waals surface area contributed by atoms with Crippen LogP contribution in [-0.4, -0.2) is 26.8 Å². The Hall–Kier alpha value is -4.44. The molecule has 0 aliphatic carbocycles. The summed E-state index contributed by atoms with van der Waals surface area (Å²) in [6.07, 6.45) is 1.50. The number of anilines is 2. The van der Waals surface area contributed by atoms with Crippen LogP contribution in [0.4, 0.5) is 15.8 Å². The highest BCUT2D eigenvalue weighted by Gasteiger charge is 2.28. The second-order valence-corrected chi connectivity index (χ2v) is 10.0. The first-order valence-corrected chi connectivity index (χ1v) is 12.7. The highest BCUT2D eigenvalue weighted by atomic mass is 32.2. The lowest BCUT2D eigenvalue weighted by Crippen LogP contribution is -2.38. The van der Waals surface area contributed by atoms with Crippen LogP contribution in [0.25, 0.3) is 0 Å². The maximum Gasteiger partial charge on any atom is 0.264 e. The van der Waals surface area contributed by atoms with Crippen molar-refractivity contribution in [2.24, 2.45) is 0 Å². The third kappa shape index (κ3) is 6.22. The van der Waals surface area contributed by atoms with Gasteiger partial charge < -0.3 is 15.1 Å². The van der Waals surface area contributed by atoms with E-state index >= 15 is 0 Å². The minimum atomic E-state index is -4.22. The fraction of sp³-hybridized carbons (Fsp3) is 0.111. The molecule has 0 bridgehead atoms. The van der Waals surface area contributed by atoms with Crippen LogP contribution in [-0.2, 0) is 21.4 Å². The van der Waals surface area contributed by atoms with Gasteiger partial charge in [-0.3, -0.25) is 13.9 Å². The molecular formula is C27H24FN3O5S. The number of carbonyl (C=O) groups excluding carboxylic acids is 2. The van der Waals surface area contributed by atoms with Gasteiger partial charge >= 0.3 is 0 Å². The molecule has 0 spiro atoms. The summed E-state index contributed by atoms with van der Waals surface area (Å²) in [6, 6.07) is 20.8. The van der Waals surface area contributed by atoms with E-state index in [2.05, 4.69) is 10.6 Å². The summed E-state index contributed by atoms with van der Waals surface area (Å²) >= 11 is 0. The lowest BCUT2D eigenvalue weighted by atomic mass is 10.1. The fourth-order valence-electron chi connectivity index (χ4n) is 3.55. The highest BCUT2D eigenvalue weighted by Crippen LogP contribution is 2.25. The van der Waals surface area contributed by atoms with Crippen molar-refractivity contribution in [3.63, 3.8) is 0 Å². The molecule has 0 atom stereocenters. The molecule has 1 heterocycles. The number of para-hydroxylation sites is 1. The van der Waals surface area contributed by atoms with Gasteiger partial charge in [0.1, 0.15) is 18.1 Å². The Morgan fingerprint density at radius 2 is 1.62 bits per heavy atom. The van der Waals surface area contributed by atoms with Crippen molar-refractivity contribution < 1.29 is 26.8 Å². The van der Waals surface area contributed by atoms with Crippen LogP contribution in [0.2, 0.25) is 0 Å². The molecule has 2 amide bonds.